The zero-order valence-electron chi connectivity index (χ0n) is 12.5. The largest absolute Gasteiger partial charge is 0.273 e. The summed E-state index contributed by atoms with van der Waals surface area (Å²) in [5.74, 6) is 0.308. The van der Waals surface area contributed by atoms with Gasteiger partial charge in [-0.25, -0.2) is 5.01 Å². The van der Waals surface area contributed by atoms with Crippen molar-refractivity contribution < 1.29 is 4.79 Å². The lowest BCUT2D eigenvalue weighted by Gasteiger charge is -2.26. The molecule has 108 valence electrons. The molecular weight excluding hydrogens is 248 g/mol. The lowest BCUT2D eigenvalue weighted by Crippen LogP contribution is -2.33. The van der Waals surface area contributed by atoms with E-state index in [0.29, 0.717) is 0 Å². The monoisotopic (exact) mass is 272 g/mol. The van der Waals surface area contributed by atoms with Gasteiger partial charge in [-0.05, 0) is 18.4 Å². The van der Waals surface area contributed by atoms with Crippen molar-refractivity contribution in [1.82, 2.24) is 5.01 Å². The fraction of sp³-hybridized carbons (Fsp3) is 0.529. The maximum Gasteiger partial charge on any atom is 0.246 e. The van der Waals surface area contributed by atoms with Crippen LogP contribution in [-0.4, -0.2) is 17.1 Å². The molecule has 1 aliphatic heterocycles. The number of benzene rings is 1. The van der Waals surface area contributed by atoms with Crippen molar-refractivity contribution in [2.24, 2.45) is 11.0 Å². The van der Waals surface area contributed by atoms with E-state index in [1.165, 1.54) is 5.56 Å². The Hall–Kier alpha value is -1.64. The fourth-order valence-corrected chi connectivity index (χ4v) is 2.85. The predicted molar refractivity (Wildman–Crippen MR) is 82.4 cm³/mol. The van der Waals surface area contributed by atoms with Crippen LogP contribution in [0.25, 0.3) is 0 Å². The highest BCUT2D eigenvalue weighted by molar-refractivity contribution is 5.81. The SMILES string of the molecule is CCCC(CCC)C(=O)N1N=CCC1c1ccccc1. The Morgan fingerprint density at radius 2 is 1.90 bits per heavy atom. The molecule has 0 aromatic heterocycles. The summed E-state index contributed by atoms with van der Waals surface area (Å²) in [7, 11) is 0. The van der Waals surface area contributed by atoms with E-state index in [-0.39, 0.29) is 17.9 Å². The number of carbonyl (C=O) groups is 1. The Kier molecular flexibility index (Phi) is 5.33. The first-order valence-electron chi connectivity index (χ1n) is 7.68. The molecule has 1 heterocycles. The Morgan fingerprint density at radius 3 is 2.50 bits per heavy atom. The summed E-state index contributed by atoms with van der Waals surface area (Å²) < 4.78 is 0. The molecule has 0 spiro atoms. The molecule has 1 aliphatic rings. The van der Waals surface area contributed by atoms with Gasteiger partial charge < -0.3 is 0 Å². The maximum absolute atomic E-state index is 12.7. The Balaban J connectivity index is 2.13. The molecule has 1 unspecified atom stereocenters. The van der Waals surface area contributed by atoms with E-state index in [2.05, 4.69) is 31.1 Å². The number of rotatable bonds is 6. The van der Waals surface area contributed by atoms with Crippen molar-refractivity contribution in [3.05, 3.63) is 35.9 Å². The number of hydrogen-bond acceptors (Lipinski definition) is 2. The van der Waals surface area contributed by atoms with Gasteiger partial charge in [0.15, 0.2) is 0 Å². The van der Waals surface area contributed by atoms with Gasteiger partial charge in [-0.1, -0.05) is 57.0 Å². The van der Waals surface area contributed by atoms with Crippen molar-refractivity contribution in [2.45, 2.75) is 52.0 Å². The third-order valence-electron chi connectivity index (χ3n) is 3.86. The van der Waals surface area contributed by atoms with E-state index in [0.717, 1.165) is 32.1 Å². The molecule has 20 heavy (non-hydrogen) atoms. The van der Waals surface area contributed by atoms with Gasteiger partial charge in [-0.2, -0.15) is 5.10 Å². The van der Waals surface area contributed by atoms with Crippen LogP contribution in [0.2, 0.25) is 0 Å². The van der Waals surface area contributed by atoms with E-state index in [9.17, 15) is 4.79 Å². The summed E-state index contributed by atoms with van der Waals surface area (Å²) in [6.07, 6.45) is 6.69. The van der Waals surface area contributed by atoms with Gasteiger partial charge in [0.05, 0.1) is 6.04 Å². The first kappa shape index (κ1) is 14.8. The lowest BCUT2D eigenvalue weighted by atomic mass is 9.95. The van der Waals surface area contributed by atoms with Crippen molar-refractivity contribution >= 4 is 12.1 Å². The van der Waals surface area contributed by atoms with Gasteiger partial charge >= 0.3 is 0 Å². The summed E-state index contributed by atoms with van der Waals surface area (Å²) in [6.45, 7) is 4.27. The number of amides is 1. The molecule has 0 N–H and O–H groups in total. The number of hydrogen-bond donors (Lipinski definition) is 0. The third-order valence-corrected chi connectivity index (χ3v) is 3.86. The number of carbonyl (C=O) groups excluding carboxylic acids is 1. The maximum atomic E-state index is 12.7. The quantitative estimate of drug-likeness (QED) is 0.765. The zero-order chi connectivity index (χ0) is 14.4. The topological polar surface area (TPSA) is 32.7 Å². The summed E-state index contributed by atoms with van der Waals surface area (Å²) >= 11 is 0. The minimum atomic E-state index is 0.0833. The molecule has 0 saturated carbocycles. The molecule has 0 saturated heterocycles. The van der Waals surface area contributed by atoms with E-state index >= 15 is 0 Å². The van der Waals surface area contributed by atoms with Crippen molar-refractivity contribution in [1.29, 1.82) is 0 Å². The lowest BCUT2D eigenvalue weighted by molar-refractivity contribution is -0.138. The van der Waals surface area contributed by atoms with Crippen LogP contribution < -0.4 is 0 Å². The molecule has 0 aliphatic carbocycles. The minimum absolute atomic E-state index is 0.0833. The van der Waals surface area contributed by atoms with E-state index in [1.807, 2.05) is 24.4 Å². The van der Waals surface area contributed by atoms with Crippen LogP contribution in [0.3, 0.4) is 0 Å². The van der Waals surface area contributed by atoms with Crippen LogP contribution in [0.1, 0.15) is 57.6 Å². The fourth-order valence-electron chi connectivity index (χ4n) is 2.85. The average Bonchev–Trinajstić information content (AvgIpc) is 2.96. The highest BCUT2D eigenvalue weighted by atomic mass is 16.2. The zero-order valence-corrected chi connectivity index (χ0v) is 12.5. The van der Waals surface area contributed by atoms with Crippen molar-refractivity contribution in [2.75, 3.05) is 0 Å². The second kappa shape index (κ2) is 7.22. The van der Waals surface area contributed by atoms with Gasteiger partial charge in [0.1, 0.15) is 0 Å². The smallest absolute Gasteiger partial charge is 0.246 e. The molecule has 1 aromatic carbocycles. The van der Waals surface area contributed by atoms with Crippen LogP contribution in [0.15, 0.2) is 35.4 Å². The summed E-state index contributed by atoms with van der Waals surface area (Å²) in [5, 5.41) is 6.05. The molecule has 0 bridgehead atoms. The van der Waals surface area contributed by atoms with Gasteiger partial charge in [-0.15, -0.1) is 0 Å². The summed E-state index contributed by atoms with van der Waals surface area (Å²) in [5.41, 5.74) is 1.17. The van der Waals surface area contributed by atoms with Gasteiger partial charge in [-0.3, -0.25) is 4.79 Å². The highest BCUT2D eigenvalue weighted by Gasteiger charge is 2.31. The molecule has 1 amide bonds. The Labute approximate surface area is 121 Å². The first-order chi connectivity index (χ1) is 9.77. The highest BCUT2D eigenvalue weighted by Crippen LogP contribution is 2.31. The molecular formula is C17H24N2O. The molecule has 1 atom stereocenters. The number of hydrazone groups is 1. The van der Waals surface area contributed by atoms with E-state index in [1.54, 1.807) is 5.01 Å². The summed E-state index contributed by atoms with van der Waals surface area (Å²) in [6, 6.07) is 10.3. The second-order valence-electron chi connectivity index (χ2n) is 5.42. The van der Waals surface area contributed by atoms with Crippen LogP contribution >= 0.6 is 0 Å². The number of nitrogens with zero attached hydrogens (tertiary/aromatic N) is 2. The van der Waals surface area contributed by atoms with Crippen LogP contribution in [-0.2, 0) is 4.79 Å². The third kappa shape index (κ3) is 3.27. The molecule has 3 heteroatoms. The minimum Gasteiger partial charge on any atom is -0.273 e. The molecule has 2 rings (SSSR count). The first-order valence-corrected chi connectivity index (χ1v) is 7.68. The molecule has 3 nitrogen and oxygen atoms in total. The average molecular weight is 272 g/mol. The Morgan fingerprint density at radius 1 is 1.25 bits per heavy atom. The second-order valence-corrected chi connectivity index (χ2v) is 5.42. The molecule has 0 radical (unpaired) electrons. The van der Waals surface area contributed by atoms with E-state index < -0.39 is 0 Å². The Bertz CT molecular complexity index is 449. The van der Waals surface area contributed by atoms with Gasteiger partial charge in [0.25, 0.3) is 0 Å². The van der Waals surface area contributed by atoms with Gasteiger partial charge in [0.2, 0.25) is 5.91 Å². The molecule has 1 aromatic rings. The standard InChI is InChI=1S/C17H24N2O/c1-3-8-15(9-4-2)17(20)19-16(12-13-18-19)14-10-6-5-7-11-14/h5-7,10-11,13,15-16H,3-4,8-9,12H2,1-2H3. The van der Waals surface area contributed by atoms with Crippen LogP contribution in [0.5, 0.6) is 0 Å². The summed E-state index contributed by atoms with van der Waals surface area (Å²) in [4.78, 5) is 12.7. The predicted octanol–water partition coefficient (Wildman–Crippen LogP) is 4.16. The van der Waals surface area contributed by atoms with Crippen LogP contribution in [0, 0.1) is 5.92 Å². The van der Waals surface area contributed by atoms with Gasteiger partial charge in [0, 0.05) is 18.6 Å². The van der Waals surface area contributed by atoms with Crippen molar-refractivity contribution in [3.8, 4) is 0 Å². The molecule has 0 fully saturated rings. The van der Waals surface area contributed by atoms with Crippen molar-refractivity contribution in [3.63, 3.8) is 0 Å². The van der Waals surface area contributed by atoms with Crippen LogP contribution in [0.4, 0.5) is 0 Å². The normalized spacial score (nSPS) is 17.9. The van der Waals surface area contributed by atoms with E-state index in [4.69, 9.17) is 0 Å².